The minimum Gasteiger partial charge on any atom is -0.481 e. The average Bonchev–Trinajstić information content (AvgIpc) is 2.31. The molecule has 1 heterocycles. The lowest BCUT2D eigenvalue weighted by molar-refractivity contribution is -0.138. The number of aliphatic carboxylic acids is 1. The van der Waals surface area contributed by atoms with Crippen LogP contribution in [0.25, 0.3) is 0 Å². The molecule has 0 spiro atoms. The molecule has 0 aromatic heterocycles. The molecule has 1 saturated heterocycles. The lowest BCUT2D eigenvalue weighted by atomic mass is 9.98. The van der Waals surface area contributed by atoms with Crippen molar-refractivity contribution in [2.75, 3.05) is 6.54 Å². The molecule has 1 aromatic rings. The van der Waals surface area contributed by atoms with E-state index in [9.17, 15) is 4.79 Å². The third-order valence-corrected chi connectivity index (χ3v) is 3.93. The van der Waals surface area contributed by atoms with Crippen LogP contribution >= 0.6 is 15.9 Å². The van der Waals surface area contributed by atoms with Gasteiger partial charge in [-0.2, -0.15) is 0 Å². The number of halogens is 1. The molecule has 0 saturated carbocycles. The number of carboxylic acid groups (broad SMARTS) is 1. The van der Waals surface area contributed by atoms with Gasteiger partial charge >= 0.3 is 5.97 Å². The number of rotatable bonds is 4. The highest BCUT2D eigenvalue weighted by Gasteiger charge is 2.24. The van der Waals surface area contributed by atoms with E-state index >= 15 is 0 Å². The Bertz CT molecular complexity index is 422. The van der Waals surface area contributed by atoms with Crippen molar-refractivity contribution < 1.29 is 9.90 Å². The number of likely N-dealkylation sites (tertiary alicyclic amines) is 1. The van der Waals surface area contributed by atoms with E-state index in [0.29, 0.717) is 0 Å². The van der Waals surface area contributed by atoms with Crippen molar-refractivity contribution in [3.8, 4) is 0 Å². The Kier molecular flexibility index (Phi) is 4.78. The van der Waals surface area contributed by atoms with Crippen molar-refractivity contribution in [2.24, 2.45) is 0 Å². The Morgan fingerprint density at radius 2 is 2.28 bits per heavy atom. The quantitative estimate of drug-likeness (QED) is 0.927. The van der Waals surface area contributed by atoms with Crippen molar-refractivity contribution in [3.05, 3.63) is 34.3 Å². The van der Waals surface area contributed by atoms with E-state index < -0.39 is 5.97 Å². The molecule has 1 aliphatic heterocycles. The number of hydrogen-bond donors (Lipinski definition) is 1. The zero-order valence-electron chi connectivity index (χ0n) is 10.3. The minimum absolute atomic E-state index is 0.190. The van der Waals surface area contributed by atoms with Crippen LogP contribution in [0.4, 0.5) is 0 Å². The second kappa shape index (κ2) is 6.34. The third-order valence-electron chi connectivity index (χ3n) is 3.43. The number of benzene rings is 1. The summed E-state index contributed by atoms with van der Waals surface area (Å²) in [5, 5.41) is 8.96. The second-order valence-electron chi connectivity index (χ2n) is 4.85. The van der Waals surface area contributed by atoms with Gasteiger partial charge in [-0.05, 0) is 37.1 Å². The molecule has 1 aliphatic rings. The Labute approximate surface area is 116 Å². The fourth-order valence-corrected chi connectivity index (χ4v) is 3.02. The van der Waals surface area contributed by atoms with Gasteiger partial charge in [0, 0.05) is 17.1 Å². The van der Waals surface area contributed by atoms with E-state index in [2.05, 4.69) is 33.0 Å². The summed E-state index contributed by atoms with van der Waals surface area (Å²) < 4.78 is 1.08. The molecule has 4 heteroatoms. The molecule has 1 N–H and O–H groups in total. The summed E-state index contributed by atoms with van der Waals surface area (Å²) in [5.74, 6) is -0.693. The third kappa shape index (κ3) is 3.82. The summed E-state index contributed by atoms with van der Waals surface area (Å²) in [6.07, 6.45) is 3.57. The molecule has 2 rings (SSSR count). The molecule has 18 heavy (non-hydrogen) atoms. The molecule has 0 amide bonds. The standard InChI is InChI=1S/C14H18BrNO2/c15-12-5-3-4-11(8-12)10-16-7-2-1-6-13(16)9-14(17)18/h3-5,8,13H,1-2,6-7,9-10H2,(H,17,18). The zero-order valence-corrected chi connectivity index (χ0v) is 11.9. The molecule has 1 unspecified atom stereocenters. The zero-order chi connectivity index (χ0) is 13.0. The van der Waals surface area contributed by atoms with Crippen LogP contribution in [0.2, 0.25) is 0 Å². The Morgan fingerprint density at radius 3 is 3.00 bits per heavy atom. The summed E-state index contributed by atoms with van der Waals surface area (Å²) in [4.78, 5) is 13.2. The van der Waals surface area contributed by atoms with Gasteiger partial charge in [-0.3, -0.25) is 9.69 Å². The van der Waals surface area contributed by atoms with Crippen molar-refractivity contribution >= 4 is 21.9 Å². The van der Waals surface area contributed by atoms with Crippen LogP contribution in [0, 0.1) is 0 Å². The molecule has 0 aliphatic carbocycles. The normalized spacial score (nSPS) is 20.8. The molecule has 3 nitrogen and oxygen atoms in total. The maximum Gasteiger partial charge on any atom is 0.304 e. The highest BCUT2D eigenvalue weighted by Crippen LogP contribution is 2.23. The highest BCUT2D eigenvalue weighted by atomic mass is 79.9. The molecule has 1 fully saturated rings. The SMILES string of the molecule is O=C(O)CC1CCCCN1Cc1cccc(Br)c1. The number of carboxylic acids is 1. The van der Waals surface area contributed by atoms with E-state index in [1.54, 1.807) is 0 Å². The molecule has 0 bridgehead atoms. The summed E-state index contributed by atoms with van der Waals surface area (Å²) in [6, 6.07) is 8.42. The van der Waals surface area contributed by atoms with Crippen molar-refractivity contribution in [2.45, 2.75) is 38.3 Å². The summed E-state index contributed by atoms with van der Waals surface area (Å²) in [6.45, 7) is 1.85. The fourth-order valence-electron chi connectivity index (χ4n) is 2.57. The molecular weight excluding hydrogens is 294 g/mol. The predicted molar refractivity (Wildman–Crippen MR) is 74.4 cm³/mol. The van der Waals surface area contributed by atoms with E-state index in [4.69, 9.17) is 5.11 Å². The lowest BCUT2D eigenvalue weighted by Crippen LogP contribution is -2.40. The van der Waals surface area contributed by atoms with E-state index in [0.717, 1.165) is 30.4 Å². The first kappa shape index (κ1) is 13.6. The van der Waals surface area contributed by atoms with Crippen molar-refractivity contribution in [1.29, 1.82) is 0 Å². The van der Waals surface area contributed by atoms with Gasteiger partial charge < -0.3 is 5.11 Å². The van der Waals surface area contributed by atoms with Gasteiger partial charge in [-0.1, -0.05) is 34.5 Å². The van der Waals surface area contributed by atoms with Crippen LogP contribution in [0.15, 0.2) is 28.7 Å². The van der Waals surface area contributed by atoms with E-state index in [1.807, 2.05) is 12.1 Å². The summed E-state index contributed by atoms with van der Waals surface area (Å²) >= 11 is 3.47. The molecule has 98 valence electrons. The van der Waals surface area contributed by atoms with Crippen LogP contribution in [-0.4, -0.2) is 28.6 Å². The maximum atomic E-state index is 10.9. The van der Waals surface area contributed by atoms with Gasteiger partial charge in [0.15, 0.2) is 0 Å². The van der Waals surface area contributed by atoms with Crippen LogP contribution in [0.1, 0.15) is 31.2 Å². The van der Waals surface area contributed by atoms with Gasteiger partial charge in [-0.25, -0.2) is 0 Å². The van der Waals surface area contributed by atoms with Gasteiger partial charge in [0.05, 0.1) is 6.42 Å². The average molecular weight is 312 g/mol. The Hall–Kier alpha value is -0.870. The summed E-state index contributed by atoms with van der Waals surface area (Å²) in [5.41, 5.74) is 1.24. The largest absolute Gasteiger partial charge is 0.481 e. The second-order valence-corrected chi connectivity index (χ2v) is 5.76. The Morgan fingerprint density at radius 1 is 1.44 bits per heavy atom. The van der Waals surface area contributed by atoms with Gasteiger partial charge in [-0.15, -0.1) is 0 Å². The minimum atomic E-state index is -0.693. The first-order chi connectivity index (χ1) is 8.65. The van der Waals surface area contributed by atoms with Crippen LogP contribution in [0.5, 0.6) is 0 Å². The monoisotopic (exact) mass is 311 g/mol. The molecule has 1 atom stereocenters. The lowest BCUT2D eigenvalue weighted by Gasteiger charge is -2.35. The Balaban J connectivity index is 2.03. The first-order valence-corrected chi connectivity index (χ1v) is 7.15. The van der Waals surface area contributed by atoms with Gasteiger partial charge in [0.2, 0.25) is 0 Å². The van der Waals surface area contributed by atoms with Gasteiger partial charge in [0.1, 0.15) is 0 Å². The number of carbonyl (C=O) groups is 1. The van der Waals surface area contributed by atoms with Crippen molar-refractivity contribution in [3.63, 3.8) is 0 Å². The number of hydrogen-bond acceptors (Lipinski definition) is 2. The smallest absolute Gasteiger partial charge is 0.304 e. The van der Waals surface area contributed by atoms with Crippen molar-refractivity contribution in [1.82, 2.24) is 4.90 Å². The number of piperidine rings is 1. The van der Waals surface area contributed by atoms with Crippen LogP contribution < -0.4 is 0 Å². The van der Waals surface area contributed by atoms with Gasteiger partial charge in [0.25, 0.3) is 0 Å². The molecular formula is C14H18BrNO2. The van der Waals surface area contributed by atoms with E-state index in [-0.39, 0.29) is 12.5 Å². The highest BCUT2D eigenvalue weighted by molar-refractivity contribution is 9.10. The number of nitrogens with zero attached hydrogens (tertiary/aromatic N) is 1. The maximum absolute atomic E-state index is 10.9. The predicted octanol–water partition coefficient (Wildman–Crippen LogP) is 3.28. The first-order valence-electron chi connectivity index (χ1n) is 6.35. The topological polar surface area (TPSA) is 40.5 Å². The molecule has 1 aromatic carbocycles. The summed E-state index contributed by atoms with van der Waals surface area (Å²) in [7, 11) is 0. The van der Waals surface area contributed by atoms with Crippen LogP contribution in [0.3, 0.4) is 0 Å². The van der Waals surface area contributed by atoms with E-state index in [1.165, 1.54) is 12.0 Å². The van der Waals surface area contributed by atoms with Crippen LogP contribution in [-0.2, 0) is 11.3 Å². The fraction of sp³-hybridized carbons (Fsp3) is 0.500. The molecule has 0 radical (unpaired) electrons.